The van der Waals surface area contributed by atoms with E-state index in [0.717, 1.165) is 48.9 Å². The topological polar surface area (TPSA) is 35.5 Å². The van der Waals surface area contributed by atoms with Crippen molar-refractivity contribution in [1.82, 2.24) is 5.06 Å². The quantitative estimate of drug-likeness (QED) is 0.103. The summed E-state index contributed by atoms with van der Waals surface area (Å²) in [6.07, 6.45) is 0. The molecule has 0 amide bonds. The lowest BCUT2D eigenvalue weighted by atomic mass is 9.84. The lowest BCUT2D eigenvalue weighted by Gasteiger charge is -2.38. The van der Waals surface area contributed by atoms with E-state index < -0.39 is 19.2 Å². The standard InChI is InChI=1S/C48H49N2OSi/c1-31(2)52(32(3)4,33(5)6)26-25-41-44-29-38-17-13-11-15-36(38)27-42(44)40(43-28-37-16-12-14-18-39(37)30-45(41)43)24-21-34-19-22-35(23-20-34)46-49-47(7,8)48(9,10)50(46)51/h11-20,22-23,27-33H,1-10H3. The SMILES string of the molecule is CC(C)[Si](C#Cc1c2cc3ccccc3cc2c(C#Cc2ccc(C3=NC(C)(C)C(C)(C)N3[O])cc2)c2cc3ccccc3cc12)(C(C)C)C(C)C. The highest BCUT2D eigenvalue weighted by atomic mass is 28.3. The third-order valence-corrected chi connectivity index (χ3v) is 18.5. The van der Waals surface area contributed by atoms with E-state index in [2.05, 4.69) is 138 Å². The van der Waals surface area contributed by atoms with Gasteiger partial charge in [0.1, 0.15) is 8.07 Å². The van der Waals surface area contributed by atoms with Crippen molar-refractivity contribution < 1.29 is 5.21 Å². The Morgan fingerprint density at radius 2 is 0.981 bits per heavy atom. The van der Waals surface area contributed by atoms with Crippen LogP contribution in [0.2, 0.25) is 16.6 Å². The van der Waals surface area contributed by atoms with Gasteiger partial charge in [0.25, 0.3) is 0 Å². The van der Waals surface area contributed by atoms with Gasteiger partial charge in [0.2, 0.25) is 0 Å². The summed E-state index contributed by atoms with van der Waals surface area (Å²) in [7, 11) is -2.02. The van der Waals surface area contributed by atoms with Crippen molar-refractivity contribution in [1.29, 1.82) is 0 Å². The second-order valence-electron chi connectivity index (χ2n) is 16.6. The molecule has 0 atom stereocenters. The Balaban J connectivity index is 1.49. The van der Waals surface area contributed by atoms with E-state index in [1.165, 1.54) is 21.5 Å². The van der Waals surface area contributed by atoms with Gasteiger partial charge < -0.3 is 0 Å². The maximum Gasteiger partial charge on any atom is 0.159 e. The second-order valence-corrected chi connectivity index (χ2v) is 22.1. The van der Waals surface area contributed by atoms with E-state index in [0.29, 0.717) is 22.5 Å². The fraction of sp³-hybridized carbons (Fsp3) is 0.312. The molecule has 7 rings (SSSR count). The van der Waals surface area contributed by atoms with Crippen molar-refractivity contribution in [3.8, 4) is 23.3 Å². The average Bonchev–Trinajstić information content (AvgIpc) is 3.27. The van der Waals surface area contributed by atoms with Gasteiger partial charge >= 0.3 is 0 Å². The van der Waals surface area contributed by atoms with Gasteiger partial charge in [-0.25, -0.2) is 0 Å². The number of aliphatic imine (C=N–C) groups is 1. The molecule has 0 fully saturated rings. The van der Waals surface area contributed by atoms with Crippen molar-refractivity contribution in [3.05, 3.63) is 119 Å². The van der Waals surface area contributed by atoms with Gasteiger partial charge in [-0.15, -0.1) is 5.54 Å². The minimum Gasteiger partial charge on any atom is -0.257 e. The van der Waals surface area contributed by atoms with Gasteiger partial charge in [-0.05, 0) is 136 Å². The highest BCUT2D eigenvalue weighted by Gasteiger charge is 2.50. The first-order valence-electron chi connectivity index (χ1n) is 18.7. The van der Waals surface area contributed by atoms with Crippen LogP contribution in [-0.2, 0) is 5.21 Å². The molecule has 1 radical (unpaired) electrons. The summed E-state index contributed by atoms with van der Waals surface area (Å²) in [6, 6.07) is 34.4. The van der Waals surface area contributed by atoms with E-state index in [-0.39, 0.29) is 0 Å². The fourth-order valence-corrected chi connectivity index (χ4v) is 13.7. The summed E-state index contributed by atoms with van der Waals surface area (Å²) < 4.78 is 0. The van der Waals surface area contributed by atoms with Crippen LogP contribution in [0.1, 0.15) is 91.5 Å². The Morgan fingerprint density at radius 1 is 0.577 bits per heavy atom. The summed E-state index contributed by atoms with van der Waals surface area (Å²) in [6.45, 7) is 22.2. The van der Waals surface area contributed by atoms with Gasteiger partial charge in [-0.2, -0.15) is 5.06 Å². The van der Waals surface area contributed by atoms with Crippen LogP contribution >= 0.6 is 0 Å². The molecule has 3 nitrogen and oxygen atoms in total. The minimum absolute atomic E-state index is 0.474. The molecule has 0 saturated heterocycles. The molecule has 0 bridgehead atoms. The largest absolute Gasteiger partial charge is 0.257 e. The van der Waals surface area contributed by atoms with Crippen LogP contribution in [-0.4, -0.2) is 30.1 Å². The lowest BCUT2D eigenvalue weighted by molar-refractivity contribution is -0.158. The monoisotopic (exact) mass is 697 g/mol. The van der Waals surface area contributed by atoms with Gasteiger partial charge in [-0.1, -0.05) is 113 Å². The molecule has 0 saturated carbocycles. The number of amidine groups is 1. The van der Waals surface area contributed by atoms with E-state index in [9.17, 15) is 5.21 Å². The fourth-order valence-electron chi connectivity index (χ4n) is 8.45. The minimum atomic E-state index is -2.02. The molecule has 0 unspecified atom stereocenters. The molecule has 0 N–H and O–H groups in total. The molecule has 0 spiro atoms. The summed E-state index contributed by atoms with van der Waals surface area (Å²) in [5, 5.41) is 23.6. The molecule has 261 valence electrons. The predicted octanol–water partition coefficient (Wildman–Crippen LogP) is 12.2. The number of benzene rings is 6. The lowest BCUT2D eigenvalue weighted by Crippen LogP contribution is -2.50. The first kappa shape index (κ1) is 35.5. The van der Waals surface area contributed by atoms with E-state index >= 15 is 0 Å². The van der Waals surface area contributed by atoms with Gasteiger partial charge in [-0.3, -0.25) is 4.99 Å². The summed E-state index contributed by atoms with van der Waals surface area (Å²) in [5.74, 6) is 11.6. The van der Waals surface area contributed by atoms with Crippen LogP contribution < -0.4 is 0 Å². The number of hydrogen-bond donors (Lipinski definition) is 0. The zero-order valence-electron chi connectivity index (χ0n) is 32.3. The summed E-state index contributed by atoms with van der Waals surface area (Å²) in [4.78, 5) is 4.82. The molecule has 4 heteroatoms. The molecule has 1 aliphatic heterocycles. The van der Waals surface area contributed by atoms with Gasteiger partial charge in [0.05, 0.1) is 11.1 Å². The van der Waals surface area contributed by atoms with Crippen molar-refractivity contribution in [3.63, 3.8) is 0 Å². The van der Waals surface area contributed by atoms with Crippen LogP contribution in [0.25, 0.3) is 43.1 Å². The van der Waals surface area contributed by atoms with Crippen molar-refractivity contribution >= 4 is 57.0 Å². The maximum absolute atomic E-state index is 13.3. The zero-order chi connectivity index (χ0) is 37.2. The molecule has 6 aromatic rings. The normalized spacial score (nSPS) is 15.4. The van der Waals surface area contributed by atoms with Gasteiger partial charge in [0, 0.05) is 22.3 Å². The highest BCUT2D eigenvalue weighted by Crippen LogP contribution is 2.42. The van der Waals surface area contributed by atoms with Crippen LogP contribution in [0.4, 0.5) is 0 Å². The Labute approximate surface area is 310 Å². The van der Waals surface area contributed by atoms with E-state index in [1.807, 2.05) is 52.0 Å². The molecular formula is C48H49N2OSi. The number of nitrogens with zero attached hydrogens (tertiary/aromatic N) is 2. The average molecular weight is 698 g/mol. The smallest absolute Gasteiger partial charge is 0.159 e. The number of hydrogen-bond acceptors (Lipinski definition) is 2. The number of hydroxylamine groups is 2. The van der Waals surface area contributed by atoms with E-state index in [1.54, 1.807) is 0 Å². The molecule has 52 heavy (non-hydrogen) atoms. The van der Waals surface area contributed by atoms with Crippen LogP contribution in [0.3, 0.4) is 0 Å². The molecule has 1 aliphatic rings. The summed E-state index contributed by atoms with van der Waals surface area (Å²) >= 11 is 0. The molecule has 1 heterocycles. The molecule has 6 aromatic carbocycles. The summed E-state index contributed by atoms with van der Waals surface area (Å²) in [5.41, 5.74) is 8.34. The van der Waals surface area contributed by atoms with E-state index in [4.69, 9.17) is 4.99 Å². The van der Waals surface area contributed by atoms with Crippen molar-refractivity contribution in [2.75, 3.05) is 0 Å². The Morgan fingerprint density at radius 3 is 1.35 bits per heavy atom. The third kappa shape index (κ3) is 5.70. The number of fused-ring (bicyclic) bond motifs is 4. The first-order chi connectivity index (χ1) is 24.7. The third-order valence-electron chi connectivity index (χ3n) is 12.2. The first-order valence-corrected chi connectivity index (χ1v) is 20.9. The molecular weight excluding hydrogens is 649 g/mol. The Bertz CT molecular complexity index is 2410. The van der Waals surface area contributed by atoms with Crippen LogP contribution in [0.5, 0.6) is 0 Å². The van der Waals surface area contributed by atoms with Crippen molar-refractivity contribution in [2.24, 2.45) is 4.99 Å². The molecule has 0 aromatic heterocycles. The second kappa shape index (κ2) is 13.0. The van der Waals surface area contributed by atoms with Crippen molar-refractivity contribution in [2.45, 2.75) is 96.9 Å². The predicted molar refractivity (Wildman–Crippen MR) is 224 cm³/mol. The van der Waals surface area contributed by atoms with Crippen LogP contribution in [0, 0.1) is 23.3 Å². The van der Waals surface area contributed by atoms with Gasteiger partial charge in [0.15, 0.2) is 5.84 Å². The maximum atomic E-state index is 13.3. The highest BCUT2D eigenvalue weighted by molar-refractivity contribution is 6.90. The Kier molecular flexibility index (Phi) is 8.86. The Hall–Kier alpha value is -4.87. The number of rotatable bonds is 4. The zero-order valence-corrected chi connectivity index (χ0v) is 33.3. The van der Waals surface area contributed by atoms with Crippen LogP contribution in [0.15, 0.2) is 102 Å². The molecule has 0 aliphatic carbocycles.